The molecule has 0 heterocycles. The third-order valence-corrected chi connectivity index (χ3v) is 3.17. The summed E-state index contributed by atoms with van der Waals surface area (Å²) in [5.41, 5.74) is 0. The summed E-state index contributed by atoms with van der Waals surface area (Å²) in [6.45, 7) is 1.44. The molecule has 2 aliphatic carbocycles. The van der Waals surface area contributed by atoms with Gasteiger partial charge in [-0.3, -0.25) is 0 Å². The molecule has 0 radical (unpaired) electrons. The summed E-state index contributed by atoms with van der Waals surface area (Å²) in [5, 5.41) is 0. The lowest BCUT2D eigenvalue weighted by molar-refractivity contribution is -0.00243. The van der Waals surface area contributed by atoms with E-state index in [1.807, 2.05) is 0 Å². The predicted octanol–water partition coefficient (Wildman–Crippen LogP) is 3.24. The average Bonchev–Trinajstić information content (AvgIpc) is 2.37. The van der Waals surface area contributed by atoms with Gasteiger partial charge in [0.05, 0.1) is 25.4 Å². The summed E-state index contributed by atoms with van der Waals surface area (Å²) < 4.78 is 11.5. The Morgan fingerprint density at radius 3 is 1.69 bits per heavy atom. The van der Waals surface area contributed by atoms with Crippen LogP contribution in [0.15, 0.2) is 24.3 Å². The number of hydrogen-bond acceptors (Lipinski definition) is 2. The van der Waals surface area contributed by atoms with Gasteiger partial charge in [-0.25, -0.2) is 0 Å². The zero-order valence-electron chi connectivity index (χ0n) is 9.94. The first-order valence-corrected chi connectivity index (χ1v) is 6.52. The van der Waals surface area contributed by atoms with Crippen LogP contribution in [0, 0.1) is 0 Å². The van der Waals surface area contributed by atoms with E-state index in [-0.39, 0.29) is 0 Å². The Kier molecular flexibility index (Phi) is 5.10. The van der Waals surface area contributed by atoms with Crippen molar-refractivity contribution in [3.63, 3.8) is 0 Å². The Morgan fingerprint density at radius 1 is 0.812 bits per heavy atom. The fourth-order valence-corrected chi connectivity index (χ4v) is 2.24. The van der Waals surface area contributed by atoms with Crippen LogP contribution >= 0.6 is 0 Å². The molecule has 0 bridgehead atoms. The van der Waals surface area contributed by atoms with Gasteiger partial charge >= 0.3 is 0 Å². The number of hydrogen-bond donors (Lipinski definition) is 0. The molecule has 0 spiro atoms. The highest BCUT2D eigenvalue weighted by atomic mass is 16.5. The van der Waals surface area contributed by atoms with E-state index in [0.29, 0.717) is 12.2 Å². The van der Waals surface area contributed by atoms with Crippen molar-refractivity contribution in [1.82, 2.24) is 0 Å². The molecule has 2 nitrogen and oxygen atoms in total. The van der Waals surface area contributed by atoms with Crippen LogP contribution in [0.5, 0.6) is 0 Å². The molecular formula is C14H22O2. The maximum atomic E-state index is 5.74. The second kappa shape index (κ2) is 6.87. The van der Waals surface area contributed by atoms with Crippen molar-refractivity contribution in [3.05, 3.63) is 24.3 Å². The van der Waals surface area contributed by atoms with Gasteiger partial charge in [-0.05, 0) is 38.5 Å². The standard InChI is InChI=1S/C14H22O2/c1-3-7-13(8-4-1)15-11-12-16-14-9-5-2-6-10-14/h3,5,7,9,13-14H,1-2,4,6,8,10-12H2. The molecule has 2 atom stereocenters. The molecule has 0 amide bonds. The van der Waals surface area contributed by atoms with Crippen molar-refractivity contribution in [3.8, 4) is 0 Å². The molecule has 2 aliphatic rings. The molecular weight excluding hydrogens is 200 g/mol. The lowest BCUT2D eigenvalue weighted by Gasteiger charge is -2.20. The fourth-order valence-electron chi connectivity index (χ4n) is 2.24. The van der Waals surface area contributed by atoms with Gasteiger partial charge in [0, 0.05) is 0 Å². The van der Waals surface area contributed by atoms with Crippen molar-refractivity contribution < 1.29 is 9.47 Å². The summed E-state index contributed by atoms with van der Waals surface area (Å²) in [6, 6.07) is 0. The lowest BCUT2D eigenvalue weighted by Crippen LogP contribution is -2.19. The van der Waals surface area contributed by atoms with Crippen molar-refractivity contribution in [2.24, 2.45) is 0 Å². The Morgan fingerprint density at radius 2 is 1.31 bits per heavy atom. The highest BCUT2D eigenvalue weighted by molar-refractivity contribution is 4.95. The van der Waals surface area contributed by atoms with E-state index in [4.69, 9.17) is 9.47 Å². The Labute approximate surface area is 98.3 Å². The van der Waals surface area contributed by atoms with E-state index in [9.17, 15) is 0 Å². The van der Waals surface area contributed by atoms with E-state index in [2.05, 4.69) is 24.3 Å². The summed E-state index contributed by atoms with van der Waals surface area (Å²) in [7, 11) is 0. The third kappa shape index (κ3) is 4.11. The maximum absolute atomic E-state index is 5.74. The highest BCUT2D eigenvalue weighted by Crippen LogP contribution is 2.15. The van der Waals surface area contributed by atoms with Crippen molar-refractivity contribution in [2.45, 2.75) is 50.7 Å². The highest BCUT2D eigenvalue weighted by Gasteiger charge is 2.10. The molecule has 0 N–H and O–H groups in total. The minimum absolute atomic E-state index is 0.333. The van der Waals surface area contributed by atoms with E-state index < -0.39 is 0 Å². The molecule has 2 rings (SSSR count). The number of ether oxygens (including phenoxy) is 2. The largest absolute Gasteiger partial charge is 0.372 e. The Hall–Kier alpha value is -0.600. The number of allylic oxidation sites excluding steroid dienone is 2. The fraction of sp³-hybridized carbons (Fsp3) is 0.714. The van der Waals surface area contributed by atoms with Crippen LogP contribution < -0.4 is 0 Å². The van der Waals surface area contributed by atoms with Crippen LogP contribution in [-0.4, -0.2) is 25.4 Å². The first kappa shape index (κ1) is 11.9. The molecule has 90 valence electrons. The van der Waals surface area contributed by atoms with Crippen LogP contribution in [0.25, 0.3) is 0 Å². The predicted molar refractivity (Wildman–Crippen MR) is 65.5 cm³/mol. The van der Waals surface area contributed by atoms with Gasteiger partial charge < -0.3 is 9.47 Å². The van der Waals surface area contributed by atoms with Crippen LogP contribution in [-0.2, 0) is 9.47 Å². The molecule has 0 aliphatic heterocycles. The molecule has 0 aromatic heterocycles. The average molecular weight is 222 g/mol. The van der Waals surface area contributed by atoms with Crippen molar-refractivity contribution >= 4 is 0 Å². The van der Waals surface area contributed by atoms with Gasteiger partial charge in [0.25, 0.3) is 0 Å². The molecule has 0 fully saturated rings. The van der Waals surface area contributed by atoms with Crippen molar-refractivity contribution in [1.29, 1.82) is 0 Å². The SMILES string of the molecule is C1=CC(OCCOC2C=CCCC2)CCC1. The van der Waals surface area contributed by atoms with Gasteiger partial charge in [0.2, 0.25) is 0 Å². The Bertz CT molecular complexity index is 219. The van der Waals surface area contributed by atoms with Gasteiger partial charge in [-0.15, -0.1) is 0 Å². The van der Waals surface area contributed by atoms with Gasteiger partial charge in [-0.2, -0.15) is 0 Å². The molecule has 0 aromatic rings. The molecule has 2 heteroatoms. The summed E-state index contributed by atoms with van der Waals surface area (Å²) in [5.74, 6) is 0. The van der Waals surface area contributed by atoms with Crippen LogP contribution in [0.1, 0.15) is 38.5 Å². The smallest absolute Gasteiger partial charge is 0.0757 e. The number of rotatable bonds is 5. The van der Waals surface area contributed by atoms with E-state index in [1.54, 1.807) is 0 Å². The molecule has 16 heavy (non-hydrogen) atoms. The van der Waals surface area contributed by atoms with E-state index in [1.165, 1.54) is 38.5 Å². The van der Waals surface area contributed by atoms with Crippen LogP contribution in [0.4, 0.5) is 0 Å². The lowest BCUT2D eigenvalue weighted by atomic mass is 10.1. The van der Waals surface area contributed by atoms with Gasteiger partial charge in [-0.1, -0.05) is 24.3 Å². The molecule has 2 unspecified atom stereocenters. The monoisotopic (exact) mass is 222 g/mol. The molecule has 0 saturated heterocycles. The van der Waals surface area contributed by atoms with E-state index in [0.717, 1.165) is 13.2 Å². The zero-order chi connectivity index (χ0) is 11.1. The zero-order valence-corrected chi connectivity index (χ0v) is 9.94. The minimum atomic E-state index is 0.333. The van der Waals surface area contributed by atoms with Crippen LogP contribution in [0.2, 0.25) is 0 Å². The summed E-state index contributed by atoms with van der Waals surface area (Å²) in [4.78, 5) is 0. The first-order valence-electron chi connectivity index (χ1n) is 6.52. The minimum Gasteiger partial charge on any atom is -0.372 e. The second-order valence-corrected chi connectivity index (χ2v) is 4.54. The Balaban J connectivity index is 1.54. The van der Waals surface area contributed by atoms with E-state index >= 15 is 0 Å². The normalized spacial score (nSPS) is 29.5. The summed E-state index contributed by atoms with van der Waals surface area (Å²) >= 11 is 0. The summed E-state index contributed by atoms with van der Waals surface area (Å²) in [6.07, 6.45) is 16.7. The van der Waals surface area contributed by atoms with Gasteiger partial charge in [0.1, 0.15) is 0 Å². The quantitative estimate of drug-likeness (QED) is 0.525. The second-order valence-electron chi connectivity index (χ2n) is 4.54. The topological polar surface area (TPSA) is 18.5 Å². The molecule has 0 saturated carbocycles. The van der Waals surface area contributed by atoms with Crippen LogP contribution in [0.3, 0.4) is 0 Å². The first-order chi connectivity index (χ1) is 7.95. The third-order valence-electron chi connectivity index (χ3n) is 3.17. The molecule has 0 aromatic carbocycles. The van der Waals surface area contributed by atoms with Gasteiger partial charge in [0.15, 0.2) is 0 Å². The maximum Gasteiger partial charge on any atom is 0.0757 e. The van der Waals surface area contributed by atoms with Crippen molar-refractivity contribution in [2.75, 3.05) is 13.2 Å².